The molecule has 2 aromatic rings. The summed E-state index contributed by atoms with van der Waals surface area (Å²) < 4.78 is 10.6. The molecular weight excluding hydrogens is 356 g/mol. The van der Waals surface area contributed by atoms with Crippen LogP contribution in [0.3, 0.4) is 0 Å². The van der Waals surface area contributed by atoms with Crippen LogP contribution in [-0.4, -0.2) is 41.7 Å². The number of ether oxygens (including phenoxy) is 2. The van der Waals surface area contributed by atoms with Gasteiger partial charge < -0.3 is 19.9 Å². The van der Waals surface area contributed by atoms with Crippen molar-refractivity contribution in [1.82, 2.24) is 10.3 Å². The lowest BCUT2D eigenvalue weighted by Gasteiger charge is -2.12. The summed E-state index contributed by atoms with van der Waals surface area (Å²) in [5.74, 6) is -0.682. The fourth-order valence-electron chi connectivity index (χ4n) is 2.21. The van der Waals surface area contributed by atoms with Crippen molar-refractivity contribution in [3.8, 4) is 11.5 Å². The third-order valence-electron chi connectivity index (χ3n) is 3.43. The van der Waals surface area contributed by atoms with Gasteiger partial charge in [-0.1, -0.05) is 6.92 Å². The molecule has 1 aromatic carbocycles. The van der Waals surface area contributed by atoms with Gasteiger partial charge in [-0.05, 0) is 31.5 Å². The van der Waals surface area contributed by atoms with E-state index in [0.29, 0.717) is 36.6 Å². The van der Waals surface area contributed by atoms with Gasteiger partial charge in [-0.2, -0.15) is 0 Å². The highest BCUT2D eigenvalue weighted by molar-refractivity contribution is 7.09. The number of hydrogen-bond donors (Lipinski definition) is 2. The first kappa shape index (κ1) is 19.7. The molecule has 26 heavy (non-hydrogen) atoms. The number of carbonyl (C=O) groups excluding carboxylic acids is 1. The van der Waals surface area contributed by atoms with E-state index in [1.54, 1.807) is 30.4 Å². The molecule has 0 saturated heterocycles. The number of aromatic nitrogens is 1. The van der Waals surface area contributed by atoms with Gasteiger partial charge in [0.2, 0.25) is 0 Å². The molecule has 0 radical (unpaired) electrons. The number of hydrogen-bond acceptors (Lipinski definition) is 6. The molecule has 0 aliphatic carbocycles. The molecule has 0 saturated carbocycles. The Hall–Kier alpha value is -2.61. The summed E-state index contributed by atoms with van der Waals surface area (Å²) in [7, 11) is 0. The van der Waals surface area contributed by atoms with Crippen LogP contribution in [0, 0.1) is 0 Å². The first-order valence-corrected chi connectivity index (χ1v) is 9.24. The van der Waals surface area contributed by atoms with Crippen molar-refractivity contribution in [2.24, 2.45) is 0 Å². The lowest BCUT2D eigenvalue weighted by atomic mass is 10.2. The number of carboxylic acids is 1. The zero-order chi connectivity index (χ0) is 18.9. The Morgan fingerprint density at radius 2 is 2.04 bits per heavy atom. The normalized spacial score (nSPS) is 10.4. The Kier molecular flexibility index (Phi) is 7.40. The van der Waals surface area contributed by atoms with Crippen LogP contribution in [-0.2, 0) is 17.6 Å². The summed E-state index contributed by atoms with van der Waals surface area (Å²) >= 11 is 1.62. The number of benzene rings is 1. The minimum atomic E-state index is -1.08. The van der Waals surface area contributed by atoms with Gasteiger partial charge in [0.15, 0.2) is 18.1 Å². The monoisotopic (exact) mass is 378 g/mol. The van der Waals surface area contributed by atoms with Gasteiger partial charge in [0, 0.05) is 23.9 Å². The SMILES string of the molecule is CCOc1cc(C(=O)NCCc2csc(CC)n2)ccc1OCC(=O)O. The number of aliphatic carboxylic acids is 1. The predicted octanol–water partition coefficient (Wildman–Crippen LogP) is 2.54. The first-order valence-electron chi connectivity index (χ1n) is 8.36. The van der Waals surface area contributed by atoms with Crippen molar-refractivity contribution in [2.45, 2.75) is 26.7 Å². The second kappa shape index (κ2) is 9.76. The van der Waals surface area contributed by atoms with Gasteiger partial charge in [0.1, 0.15) is 0 Å². The maximum atomic E-state index is 12.3. The minimum absolute atomic E-state index is 0.235. The number of nitrogens with zero attached hydrogens (tertiary/aromatic N) is 1. The zero-order valence-corrected chi connectivity index (χ0v) is 15.6. The maximum Gasteiger partial charge on any atom is 0.341 e. The molecule has 1 heterocycles. The number of carboxylic acid groups (broad SMARTS) is 1. The molecule has 0 aliphatic rings. The Balaban J connectivity index is 1.96. The van der Waals surface area contributed by atoms with E-state index in [-0.39, 0.29) is 5.91 Å². The highest BCUT2D eigenvalue weighted by Crippen LogP contribution is 2.28. The Morgan fingerprint density at radius 1 is 1.23 bits per heavy atom. The predicted molar refractivity (Wildman–Crippen MR) is 98.3 cm³/mol. The van der Waals surface area contributed by atoms with Crippen LogP contribution in [0.4, 0.5) is 0 Å². The topological polar surface area (TPSA) is 97.8 Å². The highest BCUT2D eigenvalue weighted by atomic mass is 32.1. The second-order valence-corrected chi connectivity index (χ2v) is 6.31. The van der Waals surface area contributed by atoms with Crippen LogP contribution in [0.5, 0.6) is 11.5 Å². The van der Waals surface area contributed by atoms with Crippen molar-refractivity contribution in [3.63, 3.8) is 0 Å². The molecule has 1 amide bonds. The summed E-state index contributed by atoms with van der Waals surface area (Å²) in [6.07, 6.45) is 1.58. The number of rotatable bonds is 10. The summed E-state index contributed by atoms with van der Waals surface area (Å²) in [6.45, 7) is 4.24. The molecule has 140 valence electrons. The van der Waals surface area contributed by atoms with Gasteiger partial charge >= 0.3 is 5.97 Å². The zero-order valence-electron chi connectivity index (χ0n) is 14.8. The molecule has 2 rings (SSSR count). The van der Waals surface area contributed by atoms with Crippen molar-refractivity contribution in [1.29, 1.82) is 0 Å². The van der Waals surface area contributed by atoms with Crippen LogP contribution in [0.2, 0.25) is 0 Å². The summed E-state index contributed by atoms with van der Waals surface area (Å²) in [6, 6.07) is 4.66. The van der Waals surface area contributed by atoms with Crippen molar-refractivity contribution < 1.29 is 24.2 Å². The maximum absolute atomic E-state index is 12.3. The quantitative estimate of drug-likeness (QED) is 0.659. The molecule has 2 N–H and O–H groups in total. The summed E-state index contributed by atoms with van der Waals surface area (Å²) in [5, 5.41) is 14.7. The lowest BCUT2D eigenvalue weighted by Crippen LogP contribution is -2.25. The third kappa shape index (κ3) is 5.73. The molecule has 0 fully saturated rings. The molecule has 0 spiro atoms. The Morgan fingerprint density at radius 3 is 2.69 bits per heavy atom. The van der Waals surface area contributed by atoms with Crippen LogP contribution >= 0.6 is 11.3 Å². The molecular formula is C18H22N2O5S. The van der Waals surface area contributed by atoms with Crippen molar-refractivity contribution >= 4 is 23.2 Å². The summed E-state index contributed by atoms with van der Waals surface area (Å²) in [4.78, 5) is 27.4. The number of amides is 1. The van der Waals surface area contributed by atoms with E-state index < -0.39 is 12.6 Å². The first-order chi connectivity index (χ1) is 12.5. The Labute approximate surface area is 156 Å². The van der Waals surface area contributed by atoms with Crippen LogP contribution in [0.15, 0.2) is 23.6 Å². The molecule has 0 unspecified atom stereocenters. The van der Waals surface area contributed by atoms with Crippen LogP contribution < -0.4 is 14.8 Å². The second-order valence-electron chi connectivity index (χ2n) is 5.37. The van der Waals surface area contributed by atoms with E-state index in [1.165, 1.54) is 6.07 Å². The van der Waals surface area contributed by atoms with E-state index in [0.717, 1.165) is 17.1 Å². The van der Waals surface area contributed by atoms with E-state index in [2.05, 4.69) is 17.2 Å². The third-order valence-corrected chi connectivity index (χ3v) is 4.47. The number of nitrogens with one attached hydrogen (secondary N) is 1. The van der Waals surface area contributed by atoms with Crippen LogP contribution in [0.1, 0.15) is 34.9 Å². The van der Waals surface area contributed by atoms with Gasteiger partial charge in [-0.3, -0.25) is 4.79 Å². The minimum Gasteiger partial charge on any atom is -0.490 e. The summed E-state index contributed by atoms with van der Waals surface area (Å²) in [5.41, 5.74) is 1.39. The van der Waals surface area contributed by atoms with E-state index in [4.69, 9.17) is 14.6 Å². The molecule has 8 heteroatoms. The fourth-order valence-corrected chi connectivity index (χ4v) is 2.99. The lowest BCUT2D eigenvalue weighted by molar-refractivity contribution is -0.139. The van der Waals surface area contributed by atoms with Gasteiger partial charge in [0.05, 0.1) is 17.3 Å². The number of thiazole rings is 1. The molecule has 7 nitrogen and oxygen atoms in total. The molecule has 0 atom stereocenters. The molecule has 0 bridgehead atoms. The van der Waals surface area contributed by atoms with E-state index in [9.17, 15) is 9.59 Å². The largest absolute Gasteiger partial charge is 0.490 e. The highest BCUT2D eigenvalue weighted by Gasteiger charge is 2.13. The van der Waals surface area contributed by atoms with Gasteiger partial charge in [-0.25, -0.2) is 9.78 Å². The average Bonchev–Trinajstić information content (AvgIpc) is 3.08. The van der Waals surface area contributed by atoms with Gasteiger partial charge in [0.25, 0.3) is 5.91 Å². The van der Waals surface area contributed by atoms with Gasteiger partial charge in [-0.15, -0.1) is 11.3 Å². The van der Waals surface area contributed by atoms with Crippen molar-refractivity contribution in [2.75, 3.05) is 19.8 Å². The molecule has 0 aliphatic heterocycles. The Bertz CT molecular complexity index is 760. The standard InChI is InChI=1S/C18H22N2O5S/c1-3-16-20-13(11-26-16)7-8-19-18(23)12-5-6-14(25-10-17(21)22)15(9-12)24-4-2/h5-6,9,11H,3-4,7-8,10H2,1-2H3,(H,19,23)(H,21,22). The van der Waals surface area contributed by atoms with Crippen LogP contribution in [0.25, 0.3) is 0 Å². The van der Waals surface area contributed by atoms with Crippen molar-refractivity contribution in [3.05, 3.63) is 39.8 Å². The smallest absolute Gasteiger partial charge is 0.341 e. The number of carbonyl (C=O) groups is 2. The average molecular weight is 378 g/mol. The van der Waals surface area contributed by atoms with E-state index >= 15 is 0 Å². The number of aryl methyl sites for hydroxylation is 1. The molecule has 1 aromatic heterocycles. The van der Waals surface area contributed by atoms with E-state index in [1.807, 2.05) is 5.38 Å². The fraction of sp³-hybridized carbons (Fsp3) is 0.389.